The lowest BCUT2D eigenvalue weighted by molar-refractivity contribution is -0.132. The normalized spacial score (nSPS) is 18.1. The summed E-state index contributed by atoms with van der Waals surface area (Å²) in [4.78, 5) is 14.7. The van der Waals surface area contributed by atoms with Gasteiger partial charge in [-0.15, -0.1) is 11.3 Å². The van der Waals surface area contributed by atoms with Gasteiger partial charge in [0.15, 0.2) is 0 Å². The van der Waals surface area contributed by atoms with E-state index in [1.807, 2.05) is 22.4 Å². The molecule has 0 saturated carbocycles. The number of rotatable bonds is 4. The Bertz CT molecular complexity index is 347. The molecule has 0 aromatic carbocycles. The molecule has 1 amide bonds. The molecule has 1 unspecified atom stereocenters. The van der Waals surface area contributed by atoms with Crippen molar-refractivity contribution in [3.63, 3.8) is 0 Å². The fourth-order valence-electron chi connectivity index (χ4n) is 1.96. The van der Waals surface area contributed by atoms with Crippen LogP contribution >= 0.6 is 11.3 Å². The average molecular weight is 254 g/mol. The summed E-state index contributed by atoms with van der Waals surface area (Å²) < 4.78 is 0. The highest BCUT2D eigenvalue weighted by atomic mass is 32.1. The Hall–Kier alpha value is -0.910. The molecular formula is C12H18N2O2S. The van der Waals surface area contributed by atoms with Crippen LogP contribution in [0.2, 0.25) is 0 Å². The zero-order valence-corrected chi connectivity index (χ0v) is 10.6. The molecule has 1 aliphatic heterocycles. The van der Waals surface area contributed by atoms with E-state index in [2.05, 4.69) is 5.32 Å². The number of amides is 1. The highest BCUT2D eigenvalue weighted by Gasteiger charge is 2.17. The summed E-state index contributed by atoms with van der Waals surface area (Å²) in [5, 5.41) is 15.0. The number of aliphatic hydroxyl groups excluding tert-OH is 1. The predicted octanol–water partition coefficient (Wildman–Crippen LogP) is 0.993. The Morgan fingerprint density at radius 3 is 2.94 bits per heavy atom. The largest absolute Gasteiger partial charge is 0.388 e. The lowest BCUT2D eigenvalue weighted by Gasteiger charge is -2.27. The van der Waals surface area contributed by atoms with E-state index in [0.29, 0.717) is 12.8 Å². The van der Waals surface area contributed by atoms with Gasteiger partial charge in [0, 0.05) is 37.5 Å². The van der Waals surface area contributed by atoms with E-state index in [1.54, 1.807) is 0 Å². The summed E-state index contributed by atoms with van der Waals surface area (Å²) in [6.45, 7) is 3.32. The highest BCUT2D eigenvalue weighted by Crippen LogP contribution is 2.23. The number of piperazine rings is 1. The van der Waals surface area contributed by atoms with Gasteiger partial charge in [0.1, 0.15) is 0 Å². The van der Waals surface area contributed by atoms with Crippen LogP contribution in [0.1, 0.15) is 23.8 Å². The zero-order valence-electron chi connectivity index (χ0n) is 9.76. The third kappa shape index (κ3) is 3.52. The van der Waals surface area contributed by atoms with Crippen LogP contribution < -0.4 is 5.32 Å². The third-order valence-electron chi connectivity index (χ3n) is 2.97. The predicted molar refractivity (Wildman–Crippen MR) is 68.0 cm³/mol. The number of hydrogen-bond donors (Lipinski definition) is 2. The van der Waals surface area contributed by atoms with E-state index in [-0.39, 0.29) is 5.91 Å². The van der Waals surface area contributed by atoms with Crippen molar-refractivity contribution < 1.29 is 9.90 Å². The zero-order chi connectivity index (χ0) is 12.1. The minimum atomic E-state index is -0.498. The van der Waals surface area contributed by atoms with Crippen molar-refractivity contribution in [2.75, 3.05) is 26.2 Å². The molecular weight excluding hydrogens is 236 g/mol. The molecule has 1 fully saturated rings. The second kappa shape index (κ2) is 6.14. The minimum absolute atomic E-state index is 0.155. The number of nitrogens with one attached hydrogen (secondary N) is 1. The van der Waals surface area contributed by atoms with Crippen LogP contribution in [0, 0.1) is 0 Å². The molecule has 17 heavy (non-hydrogen) atoms. The molecule has 2 N–H and O–H groups in total. The summed E-state index contributed by atoms with van der Waals surface area (Å²) >= 11 is 1.53. The number of hydrogen-bond acceptors (Lipinski definition) is 4. The molecule has 1 aliphatic rings. The first-order valence-corrected chi connectivity index (χ1v) is 6.85. The van der Waals surface area contributed by atoms with Crippen molar-refractivity contribution in [2.45, 2.75) is 18.9 Å². The Morgan fingerprint density at radius 1 is 1.53 bits per heavy atom. The lowest BCUT2D eigenvalue weighted by atomic mass is 10.1. The molecule has 94 valence electrons. The number of thiophene rings is 1. The van der Waals surface area contributed by atoms with Gasteiger partial charge < -0.3 is 15.3 Å². The summed E-state index contributed by atoms with van der Waals surface area (Å²) in [7, 11) is 0. The summed E-state index contributed by atoms with van der Waals surface area (Å²) in [5.74, 6) is 0.155. The first kappa shape index (κ1) is 12.5. The molecule has 5 heteroatoms. The van der Waals surface area contributed by atoms with E-state index in [4.69, 9.17) is 0 Å². The van der Waals surface area contributed by atoms with Gasteiger partial charge in [-0.1, -0.05) is 6.07 Å². The topological polar surface area (TPSA) is 52.6 Å². The van der Waals surface area contributed by atoms with E-state index in [1.165, 1.54) is 11.3 Å². The van der Waals surface area contributed by atoms with Gasteiger partial charge in [-0.2, -0.15) is 0 Å². The summed E-state index contributed by atoms with van der Waals surface area (Å²) in [5.41, 5.74) is 0. The van der Waals surface area contributed by atoms with Gasteiger partial charge in [-0.25, -0.2) is 0 Å². The Kier molecular flexibility index (Phi) is 4.53. The molecule has 1 aromatic heterocycles. The molecule has 1 aromatic rings. The number of carbonyl (C=O) groups excluding carboxylic acids is 1. The summed E-state index contributed by atoms with van der Waals surface area (Å²) in [6.07, 6.45) is 0.448. The number of carbonyl (C=O) groups is 1. The van der Waals surface area contributed by atoms with Gasteiger partial charge in [0.2, 0.25) is 5.91 Å². The molecule has 2 heterocycles. The van der Waals surface area contributed by atoms with E-state index < -0.39 is 6.10 Å². The van der Waals surface area contributed by atoms with Crippen molar-refractivity contribution in [3.8, 4) is 0 Å². The second-order valence-corrected chi connectivity index (χ2v) is 5.18. The molecule has 1 atom stereocenters. The molecule has 1 saturated heterocycles. The molecule has 0 bridgehead atoms. The fraction of sp³-hybridized carbons (Fsp3) is 0.583. The Balaban J connectivity index is 1.75. The Labute approximate surface area is 105 Å². The van der Waals surface area contributed by atoms with Crippen LogP contribution in [0.5, 0.6) is 0 Å². The first-order chi connectivity index (χ1) is 8.27. The van der Waals surface area contributed by atoms with Crippen molar-refractivity contribution >= 4 is 17.2 Å². The van der Waals surface area contributed by atoms with E-state index >= 15 is 0 Å². The maximum Gasteiger partial charge on any atom is 0.222 e. The van der Waals surface area contributed by atoms with Gasteiger partial charge >= 0.3 is 0 Å². The third-order valence-corrected chi connectivity index (χ3v) is 3.95. The molecule has 4 nitrogen and oxygen atoms in total. The van der Waals surface area contributed by atoms with Crippen molar-refractivity contribution in [2.24, 2.45) is 0 Å². The van der Waals surface area contributed by atoms with Gasteiger partial charge in [-0.05, 0) is 17.9 Å². The standard InChI is InChI=1S/C12H18N2O2S/c15-10(11-2-1-9-17-11)3-4-12(16)14-7-5-13-6-8-14/h1-2,9-10,13,15H,3-8H2. The van der Waals surface area contributed by atoms with Crippen LogP contribution in [0.15, 0.2) is 17.5 Å². The van der Waals surface area contributed by atoms with E-state index in [0.717, 1.165) is 31.1 Å². The SMILES string of the molecule is O=C(CCC(O)c1cccs1)N1CCNCC1. The van der Waals surface area contributed by atoms with Crippen LogP contribution in [0.25, 0.3) is 0 Å². The van der Waals surface area contributed by atoms with Gasteiger partial charge in [0.25, 0.3) is 0 Å². The van der Waals surface area contributed by atoms with Gasteiger partial charge in [0.05, 0.1) is 6.10 Å². The van der Waals surface area contributed by atoms with E-state index in [9.17, 15) is 9.90 Å². The highest BCUT2D eigenvalue weighted by molar-refractivity contribution is 7.10. The van der Waals surface area contributed by atoms with Crippen LogP contribution in [-0.2, 0) is 4.79 Å². The average Bonchev–Trinajstić information content (AvgIpc) is 2.90. The maximum atomic E-state index is 11.9. The van der Waals surface area contributed by atoms with Crippen LogP contribution in [0.4, 0.5) is 0 Å². The van der Waals surface area contributed by atoms with Crippen molar-refractivity contribution in [1.29, 1.82) is 0 Å². The smallest absolute Gasteiger partial charge is 0.222 e. The first-order valence-electron chi connectivity index (χ1n) is 5.97. The summed E-state index contributed by atoms with van der Waals surface area (Å²) in [6, 6.07) is 3.83. The molecule has 0 radical (unpaired) electrons. The number of nitrogens with zero attached hydrogens (tertiary/aromatic N) is 1. The number of aliphatic hydroxyl groups is 1. The van der Waals surface area contributed by atoms with Crippen molar-refractivity contribution in [1.82, 2.24) is 10.2 Å². The second-order valence-electron chi connectivity index (χ2n) is 4.20. The fourth-order valence-corrected chi connectivity index (χ4v) is 2.70. The Morgan fingerprint density at radius 2 is 2.29 bits per heavy atom. The molecule has 2 rings (SSSR count). The molecule has 0 spiro atoms. The van der Waals surface area contributed by atoms with Crippen LogP contribution in [-0.4, -0.2) is 42.1 Å². The molecule has 0 aliphatic carbocycles. The van der Waals surface area contributed by atoms with Gasteiger partial charge in [-0.3, -0.25) is 4.79 Å². The van der Waals surface area contributed by atoms with Crippen LogP contribution in [0.3, 0.4) is 0 Å². The van der Waals surface area contributed by atoms with Crippen molar-refractivity contribution in [3.05, 3.63) is 22.4 Å². The maximum absolute atomic E-state index is 11.9. The minimum Gasteiger partial charge on any atom is -0.388 e. The lowest BCUT2D eigenvalue weighted by Crippen LogP contribution is -2.46. The quantitative estimate of drug-likeness (QED) is 0.842. The monoisotopic (exact) mass is 254 g/mol.